The number of thiazole rings is 1. The molecule has 0 fully saturated rings. The lowest BCUT2D eigenvalue weighted by Crippen LogP contribution is -2.31. The smallest absolute Gasteiger partial charge is 0.279 e. The zero-order valence-electron chi connectivity index (χ0n) is 18.5. The number of sulfonamides is 1. The predicted molar refractivity (Wildman–Crippen MR) is 126 cm³/mol. The van der Waals surface area contributed by atoms with Crippen LogP contribution in [-0.4, -0.2) is 36.3 Å². The van der Waals surface area contributed by atoms with Crippen LogP contribution in [0.2, 0.25) is 0 Å². The van der Waals surface area contributed by atoms with Gasteiger partial charge in [-0.2, -0.15) is 9.30 Å². The Morgan fingerprint density at radius 3 is 2.42 bits per heavy atom. The standard InChI is InChI=1S/C23H29N3O3S2/c1-5-8-16-25(6-2)31(28,29)19-14-12-18(13-15-19)22(27)24-23-26(7-3)21-17(4)10-9-11-20(21)30-23/h9-15H,5-8,16H2,1-4H3. The van der Waals surface area contributed by atoms with E-state index in [1.807, 2.05) is 50.5 Å². The molecular formula is C23H29N3O3S2. The number of carbonyl (C=O) groups is 1. The van der Waals surface area contributed by atoms with Gasteiger partial charge in [-0.05, 0) is 56.2 Å². The van der Waals surface area contributed by atoms with Crippen LogP contribution in [0.5, 0.6) is 0 Å². The first-order valence-electron chi connectivity index (χ1n) is 10.6. The van der Waals surface area contributed by atoms with E-state index >= 15 is 0 Å². The Hall–Kier alpha value is -2.29. The number of unbranched alkanes of at least 4 members (excludes halogenated alkanes) is 1. The number of fused-ring (bicyclic) bond motifs is 1. The predicted octanol–water partition coefficient (Wildman–Crippen LogP) is 4.58. The Morgan fingerprint density at radius 2 is 1.81 bits per heavy atom. The molecule has 0 bridgehead atoms. The van der Waals surface area contributed by atoms with Gasteiger partial charge in [-0.3, -0.25) is 4.79 Å². The summed E-state index contributed by atoms with van der Waals surface area (Å²) < 4.78 is 30.3. The molecule has 0 atom stereocenters. The first-order valence-corrected chi connectivity index (χ1v) is 12.9. The molecule has 166 valence electrons. The molecule has 0 saturated carbocycles. The summed E-state index contributed by atoms with van der Waals surface area (Å²) in [5.41, 5.74) is 2.60. The summed E-state index contributed by atoms with van der Waals surface area (Å²) in [5, 5.41) is 0. The van der Waals surface area contributed by atoms with Crippen LogP contribution in [0.1, 0.15) is 49.5 Å². The molecule has 0 aliphatic rings. The molecule has 31 heavy (non-hydrogen) atoms. The highest BCUT2D eigenvalue weighted by Gasteiger charge is 2.22. The maximum atomic E-state index is 12.9. The lowest BCUT2D eigenvalue weighted by atomic mass is 10.2. The van der Waals surface area contributed by atoms with E-state index in [1.54, 1.807) is 12.1 Å². The highest BCUT2D eigenvalue weighted by Crippen LogP contribution is 2.21. The van der Waals surface area contributed by atoms with Gasteiger partial charge in [0.25, 0.3) is 5.91 Å². The van der Waals surface area contributed by atoms with Gasteiger partial charge in [0.05, 0.1) is 15.1 Å². The van der Waals surface area contributed by atoms with Gasteiger partial charge in [0, 0.05) is 25.2 Å². The van der Waals surface area contributed by atoms with Crippen molar-refractivity contribution in [1.29, 1.82) is 0 Å². The van der Waals surface area contributed by atoms with Gasteiger partial charge in [0.15, 0.2) is 4.80 Å². The van der Waals surface area contributed by atoms with Crippen LogP contribution in [0, 0.1) is 6.92 Å². The van der Waals surface area contributed by atoms with Gasteiger partial charge in [0.2, 0.25) is 10.0 Å². The van der Waals surface area contributed by atoms with E-state index in [9.17, 15) is 13.2 Å². The van der Waals surface area contributed by atoms with Crippen LogP contribution < -0.4 is 4.80 Å². The third-order valence-corrected chi connectivity index (χ3v) is 8.30. The fourth-order valence-electron chi connectivity index (χ4n) is 3.54. The summed E-state index contributed by atoms with van der Waals surface area (Å²) in [4.78, 5) is 18.0. The number of carbonyl (C=O) groups excluding carboxylic acids is 1. The second-order valence-electron chi connectivity index (χ2n) is 7.34. The highest BCUT2D eigenvalue weighted by molar-refractivity contribution is 7.89. The molecule has 0 radical (unpaired) electrons. The van der Waals surface area contributed by atoms with E-state index in [2.05, 4.69) is 4.99 Å². The summed E-state index contributed by atoms with van der Waals surface area (Å²) in [5.74, 6) is -0.381. The number of benzene rings is 2. The topological polar surface area (TPSA) is 71.7 Å². The fraction of sp³-hybridized carbons (Fsp3) is 0.391. The van der Waals surface area contributed by atoms with Crippen molar-refractivity contribution in [3.63, 3.8) is 0 Å². The molecule has 3 aromatic rings. The molecule has 6 nitrogen and oxygen atoms in total. The number of hydrogen-bond donors (Lipinski definition) is 0. The van der Waals surface area contributed by atoms with Crippen molar-refractivity contribution in [2.45, 2.75) is 52.0 Å². The van der Waals surface area contributed by atoms with Gasteiger partial charge in [-0.1, -0.05) is 43.7 Å². The van der Waals surface area contributed by atoms with E-state index in [4.69, 9.17) is 0 Å². The van der Waals surface area contributed by atoms with Crippen molar-refractivity contribution in [2.24, 2.45) is 4.99 Å². The number of para-hydroxylation sites is 1. The van der Waals surface area contributed by atoms with Gasteiger partial charge in [-0.25, -0.2) is 8.42 Å². The molecule has 0 aliphatic heterocycles. The molecule has 1 amide bonds. The summed E-state index contributed by atoms with van der Waals surface area (Å²) >= 11 is 1.48. The molecule has 8 heteroatoms. The number of amides is 1. The minimum absolute atomic E-state index is 0.197. The minimum atomic E-state index is -3.57. The molecule has 0 N–H and O–H groups in total. The third kappa shape index (κ3) is 4.81. The maximum absolute atomic E-state index is 12.9. The van der Waals surface area contributed by atoms with Gasteiger partial charge in [0.1, 0.15) is 0 Å². The molecule has 2 aromatic carbocycles. The monoisotopic (exact) mass is 459 g/mol. The van der Waals surface area contributed by atoms with Crippen LogP contribution in [0.25, 0.3) is 10.2 Å². The SMILES string of the molecule is CCCCN(CC)S(=O)(=O)c1ccc(C(=O)N=c2sc3cccc(C)c3n2CC)cc1. The number of rotatable bonds is 8. The molecular weight excluding hydrogens is 430 g/mol. The fourth-order valence-corrected chi connectivity index (χ4v) is 6.20. The van der Waals surface area contributed by atoms with Crippen LogP contribution in [0.3, 0.4) is 0 Å². The summed E-state index contributed by atoms with van der Waals surface area (Å²) in [7, 11) is -3.57. The quantitative estimate of drug-likeness (QED) is 0.495. The van der Waals surface area contributed by atoms with Crippen molar-refractivity contribution in [2.75, 3.05) is 13.1 Å². The average molecular weight is 460 g/mol. The van der Waals surface area contributed by atoms with Crippen LogP contribution >= 0.6 is 11.3 Å². The zero-order valence-corrected chi connectivity index (χ0v) is 20.1. The number of aryl methyl sites for hydroxylation is 2. The Balaban J connectivity index is 1.93. The van der Waals surface area contributed by atoms with Gasteiger partial charge >= 0.3 is 0 Å². The molecule has 3 rings (SSSR count). The van der Waals surface area contributed by atoms with Crippen molar-refractivity contribution in [1.82, 2.24) is 8.87 Å². The van der Waals surface area contributed by atoms with Crippen LogP contribution in [0.4, 0.5) is 0 Å². The molecule has 0 saturated heterocycles. The Labute approximate surface area is 187 Å². The van der Waals surface area contributed by atoms with E-state index in [0.717, 1.165) is 28.6 Å². The van der Waals surface area contributed by atoms with Crippen molar-refractivity contribution < 1.29 is 13.2 Å². The molecule has 1 aromatic heterocycles. The van der Waals surface area contributed by atoms with Crippen LogP contribution in [-0.2, 0) is 16.6 Å². The number of aromatic nitrogens is 1. The first-order chi connectivity index (χ1) is 14.8. The number of hydrogen-bond acceptors (Lipinski definition) is 4. The molecule has 1 heterocycles. The molecule has 0 unspecified atom stereocenters. The minimum Gasteiger partial charge on any atom is -0.316 e. The summed E-state index contributed by atoms with van der Waals surface area (Å²) in [6.45, 7) is 9.56. The summed E-state index contributed by atoms with van der Waals surface area (Å²) in [6.07, 6.45) is 1.74. The molecule has 0 spiro atoms. The third-order valence-electron chi connectivity index (χ3n) is 5.27. The summed E-state index contributed by atoms with van der Waals surface area (Å²) in [6, 6.07) is 12.2. The lowest BCUT2D eigenvalue weighted by Gasteiger charge is -2.20. The van der Waals surface area contributed by atoms with Crippen molar-refractivity contribution in [3.05, 3.63) is 58.4 Å². The lowest BCUT2D eigenvalue weighted by molar-refractivity contribution is 0.0997. The van der Waals surface area contributed by atoms with E-state index in [-0.39, 0.29) is 10.8 Å². The van der Waals surface area contributed by atoms with Crippen LogP contribution in [0.15, 0.2) is 52.4 Å². The number of nitrogens with zero attached hydrogens (tertiary/aromatic N) is 3. The van der Waals surface area contributed by atoms with Crippen molar-refractivity contribution >= 4 is 37.5 Å². The second-order valence-corrected chi connectivity index (χ2v) is 10.3. The molecule has 0 aliphatic carbocycles. The van der Waals surface area contributed by atoms with Crippen molar-refractivity contribution in [3.8, 4) is 0 Å². The normalized spacial score (nSPS) is 12.7. The highest BCUT2D eigenvalue weighted by atomic mass is 32.2. The van der Waals surface area contributed by atoms with Gasteiger partial charge < -0.3 is 4.57 Å². The maximum Gasteiger partial charge on any atom is 0.279 e. The Morgan fingerprint density at radius 1 is 1.10 bits per heavy atom. The van der Waals surface area contributed by atoms with E-state index < -0.39 is 10.0 Å². The Bertz CT molecular complexity index is 1240. The zero-order chi connectivity index (χ0) is 22.6. The average Bonchev–Trinajstić information content (AvgIpc) is 3.12. The largest absolute Gasteiger partial charge is 0.316 e. The van der Waals surface area contributed by atoms with E-state index in [1.165, 1.54) is 27.8 Å². The van der Waals surface area contributed by atoms with E-state index in [0.29, 0.717) is 30.0 Å². The Kier molecular flexibility index (Phi) is 7.46. The van der Waals surface area contributed by atoms with Gasteiger partial charge in [-0.15, -0.1) is 0 Å². The first kappa shape index (κ1) is 23.4. The second kappa shape index (κ2) is 9.89.